The summed E-state index contributed by atoms with van der Waals surface area (Å²) in [7, 11) is 0. The molecule has 0 radical (unpaired) electrons. The Hall–Kier alpha value is -0.160. The summed E-state index contributed by atoms with van der Waals surface area (Å²) in [5, 5.41) is 33.6. The van der Waals surface area contributed by atoms with E-state index >= 15 is 0 Å². The van der Waals surface area contributed by atoms with E-state index in [9.17, 15) is 15.3 Å². The monoisotopic (exact) mass is 281 g/mol. The lowest BCUT2D eigenvalue weighted by Gasteiger charge is -2.63. The maximum absolute atomic E-state index is 11.6. The third-order valence-electron chi connectivity index (χ3n) is 7.07. The summed E-state index contributed by atoms with van der Waals surface area (Å²) in [6.45, 7) is 3.99. The Bertz CT molecular complexity index is 430. The molecule has 0 aromatic heterocycles. The maximum Gasteiger partial charge on any atom is 0.127 e. The zero-order chi connectivity index (χ0) is 14.2. The first-order valence-corrected chi connectivity index (χ1v) is 8.32. The first kappa shape index (κ1) is 13.5. The zero-order valence-corrected chi connectivity index (χ0v) is 12.4. The first-order chi connectivity index (χ1) is 9.44. The molecule has 4 fully saturated rings. The van der Waals surface area contributed by atoms with Gasteiger partial charge < -0.3 is 15.3 Å². The largest absolute Gasteiger partial charge is 0.390 e. The van der Waals surface area contributed by atoms with E-state index in [1.165, 1.54) is 0 Å². The summed E-state index contributed by atoms with van der Waals surface area (Å²) >= 11 is 0. The van der Waals surface area contributed by atoms with Crippen LogP contribution in [0.3, 0.4) is 0 Å². The van der Waals surface area contributed by atoms with E-state index in [1.54, 1.807) is 0 Å². The van der Waals surface area contributed by atoms with Crippen molar-refractivity contribution in [1.29, 1.82) is 0 Å². The van der Waals surface area contributed by atoms with Crippen LogP contribution in [-0.2, 0) is 0 Å². The standard InChI is InChI=1S/C16H27NO3/c1-11-8-12-9-13(18)15(19)5-3-7-17-6-2-4-14(12,15)16(17,20)10-11/h11-13,18-20H,2-10H2,1H3/t11-,12+,13+,14+,15+,16+/m1/s1. The molecule has 4 rings (SSSR count). The van der Waals surface area contributed by atoms with Crippen molar-refractivity contribution in [1.82, 2.24) is 4.90 Å². The van der Waals surface area contributed by atoms with Gasteiger partial charge in [-0.2, -0.15) is 0 Å². The normalized spacial score (nSPS) is 61.8. The molecule has 2 aliphatic carbocycles. The highest BCUT2D eigenvalue weighted by molar-refractivity contribution is 5.24. The van der Waals surface area contributed by atoms with Crippen LogP contribution in [0.4, 0.5) is 0 Å². The van der Waals surface area contributed by atoms with Crippen molar-refractivity contribution in [3.8, 4) is 0 Å². The van der Waals surface area contributed by atoms with Crippen LogP contribution in [0.2, 0.25) is 0 Å². The average Bonchev–Trinajstić information content (AvgIpc) is 2.56. The van der Waals surface area contributed by atoms with Crippen molar-refractivity contribution in [2.45, 2.75) is 69.3 Å². The van der Waals surface area contributed by atoms with Gasteiger partial charge in [-0.15, -0.1) is 0 Å². The van der Waals surface area contributed by atoms with Crippen LogP contribution in [0.15, 0.2) is 0 Å². The summed E-state index contributed by atoms with van der Waals surface area (Å²) in [6.07, 6.45) is 5.19. The summed E-state index contributed by atoms with van der Waals surface area (Å²) in [5.74, 6) is 0.725. The molecule has 4 heteroatoms. The molecule has 0 aromatic rings. The second-order valence-electron chi connectivity index (χ2n) is 7.90. The molecule has 4 aliphatic rings. The molecule has 2 bridgehead atoms. The van der Waals surface area contributed by atoms with Gasteiger partial charge >= 0.3 is 0 Å². The van der Waals surface area contributed by atoms with Gasteiger partial charge in [-0.3, -0.25) is 4.90 Å². The van der Waals surface area contributed by atoms with E-state index in [4.69, 9.17) is 0 Å². The Balaban J connectivity index is 1.93. The van der Waals surface area contributed by atoms with Gasteiger partial charge in [0, 0.05) is 18.5 Å². The summed E-state index contributed by atoms with van der Waals surface area (Å²) in [5.41, 5.74) is -2.49. The van der Waals surface area contributed by atoms with Crippen LogP contribution in [0.25, 0.3) is 0 Å². The minimum Gasteiger partial charge on any atom is -0.390 e. The van der Waals surface area contributed by atoms with Crippen molar-refractivity contribution >= 4 is 0 Å². The first-order valence-electron chi connectivity index (χ1n) is 8.32. The maximum atomic E-state index is 11.6. The zero-order valence-electron chi connectivity index (χ0n) is 12.4. The van der Waals surface area contributed by atoms with E-state index in [0.717, 1.165) is 45.2 Å². The molecular weight excluding hydrogens is 254 g/mol. The van der Waals surface area contributed by atoms with Gasteiger partial charge in [-0.25, -0.2) is 0 Å². The van der Waals surface area contributed by atoms with Crippen LogP contribution in [0.1, 0.15) is 51.9 Å². The number of aliphatic hydroxyl groups is 3. The molecule has 4 nitrogen and oxygen atoms in total. The molecule has 0 amide bonds. The molecule has 20 heavy (non-hydrogen) atoms. The van der Waals surface area contributed by atoms with Gasteiger partial charge in [0.15, 0.2) is 0 Å². The van der Waals surface area contributed by atoms with Crippen LogP contribution >= 0.6 is 0 Å². The molecule has 1 spiro atoms. The molecule has 3 N–H and O–H groups in total. The lowest BCUT2D eigenvalue weighted by Crippen LogP contribution is -2.73. The van der Waals surface area contributed by atoms with Crippen LogP contribution in [-0.4, -0.2) is 50.7 Å². The fourth-order valence-electron chi connectivity index (χ4n) is 6.52. The third kappa shape index (κ3) is 1.28. The lowest BCUT2D eigenvalue weighted by molar-refractivity contribution is -0.303. The Morgan fingerprint density at radius 1 is 1.05 bits per heavy atom. The Morgan fingerprint density at radius 3 is 2.50 bits per heavy atom. The quantitative estimate of drug-likeness (QED) is 0.622. The molecule has 2 aliphatic heterocycles. The highest BCUT2D eigenvalue weighted by Gasteiger charge is 2.76. The number of nitrogens with zero attached hydrogens (tertiary/aromatic N) is 1. The number of hydrogen-bond acceptors (Lipinski definition) is 4. The van der Waals surface area contributed by atoms with E-state index < -0.39 is 22.8 Å². The smallest absolute Gasteiger partial charge is 0.127 e. The highest BCUT2D eigenvalue weighted by atomic mass is 16.4. The molecule has 2 heterocycles. The van der Waals surface area contributed by atoms with E-state index in [2.05, 4.69) is 11.8 Å². The van der Waals surface area contributed by atoms with Gasteiger partial charge in [0.05, 0.1) is 6.10 Å². The van der Waals surface area contributed by atoms with E-state index in [-0.39, 0.29) is 5.92 Å². The second kappa shape index (κ2) is 3.97. The minimum atomic E-state index is -1.08. The van der Waals surface area contributed by atoms with Crippen LogP contribution in [0, 0.1) is 17.3 Å². The Kier molecular flexibility index (Phi) is 2.68. The number of hydrogen-bond donors (Lipinski definition) is 3. The van der Waals surface area contributed by atoms with Crippen molar-refractivity contribution in [3.63, 3.8) is 0 Å². The van der Waals surface area contributed by atoms with Crippen molar-refractivity contribution < 1.29 is 15.3 Å². The molecule has 114 valence electrons. The lowest BCUT2D eigenvalue weighted by atomic mass is 9.51. The fraction of sp³-hybridized carbons (Fsp3) is 1.00. The number of rotatable bonds is 0. The van der Waals surface area contributed by atoms with Gasteiger partial charge in [-0.05, 0) is 56.8 Å². The predicted octanol–water partition coefficient (Wildman–Crippen LogP) is 1.09. The third-order valence-corrected chi connectivity index (χ3v) is 7.07. The topological polar surface area (TPSA) is 63.9 Å². The van der Waals surface area contributed by atoms with Crippen molar-refractivity contribution in [2.75, 3.05) is 13.1 Å². The molecule has 0 aromatic carbocycles. The summed E-state index contributed by atoms with van der Waals surface area (Å²) in [6, 6.07) is 0. The van der Waals surface area contributed by atoms with E-state index in [1.807, 2.05) is 0 Å². The average molecular weight is 281 g/mol. The molecule has 2 saturated heterocycles. The SMILES string of the molecule is C[C@@H]1C[C@H]2C[C@H](O)[C@@]3(O)CCCN4CCC[C@]23[C@@]4(O)C1. The number of aliphatic hydroxyl groups excluding tert-OH is 1. The van der Waals surface area contributed by atoms with Crippen molar-refractivity contribution in [3.05, 3.63) is 0 Å². The Labute approximate surface area is 120 Å². The van der Waals surface area contributed by atoms with Gasteiger partial charge in [0.1, 0.15) is 11.3 Å². The minimum absolute atomic E-state index is 0.261. The van der Waals surface area contributed by atoms with Gasteiger partial charge in [0.2, 0.25) is 0 Å². The van der Waals surface area contributed by atoms with Gasteiger partial charge in [0.25, 0.3) is 0 Å². The predicted molar refractivity (Wildman–Crippen MR) is 74.9 cm³/mol. The van der Waals surface area contributed by atoms with Crippen molar-refractivity contribution in [2.24, 2.45) is 17.3 Å². The van der Waals surface area contributed by atoms with Gasteiger partial charge in [-0.1, -0.05) is 6.92 Å². The summed E-state index contributed by atoms with van der Waals surface area (Å²) < 4.78 is 0. The summed E-state index contributed by atoms with van der Waals surface area (Å²) in [4.78, 5) is 2.23. The van der Waals surface area contributed by atoms with Crippen LogP contribution < -0.4 is 0 Å². The molecule has 2 saturated carbocycles. The fourth-order valence-corrected chi connectivity index (χ4v) is 6.52. The molecule has 7 atom stereocenters. The van der Waals surface area contributed by atoms with E-state index in [0.29, 0.717) is 18.8 Å². The molecular formula is C16H27NO3. The Morgan fingerprint density at radius 2 is 1.75 bits per heavy atom. The molecule has 1 unspecified atom stereocenters. The number of piperidine rings is 1. The highest BCUT2D eigenvalue weighted by Crippen LogP contribution is 2.69. The van der Waals surface area contributed by atoms with Crippen LogP contribution in [0.5, 0.6) is 0 Å². The second-order valence-corrected chi connectivity index (χ2v) is 7.90.